The van der Waals surface area contributed by atoms with E-state index in [-0.39, 0.29) is 5.41 Å². The van der Waals surface area contributed by atoms with E-state index in [0.717, 1.165) is 32.3 Å². The summed E-state index contributed by atoms with van der Waals surface area (Å²) in [6.07, 6.45) is 3.34. The van der Waals surface area contributed by atoms with Crippen molar-refractivity contribution < 1.29 is 4.79 Å². The van der Waals surface area contributed by atoms with Gasteiger partial charge in [-0.05, 0) is 25.1 Å². The van der Waals surface area contributed by atoms with Crippen LogP contribution in [0.1, 0.15) is 26.7 Å². The van der Waals surface area contributed by atoms with E-state index >= 15 is 0 Å². The molecule has 3 heteroatoms. The summed E-state index contributed by atoms with van der Waals surface area (Å²) < 4.78 is 0. The minimum Gasteiger partial charge on any atom is -0.303 e. The Bertz CT molecular complexity index is 178. The lowest BCUT2D eigenvalue weighted by Gasteiger charge is -2.29. The fraction of sp³-hybridized carbons (Fsp3) is 0.909. The van der Waals surface area contributed by atoms with Gasteiger partial charge in [-0.1, -0.05) is 13.8 Å². The number of thioether (sulfide) groups is 1. The zero-order chi connectivity index (χ0) is 10.4. The van der Waals surface area contributed by atoms with Gasteiger partial charge in [0.1, 0.15) is 6.29 Å². The predicted octanol–water partition coefficient (Wildman–Crippen LogP) is 2.04. The molecule has 0 saturated carbocycles. The summed E-state index contributed by atoms with van der Waals surface area (Å²) in [4.78, 5) is 13.4. The van der Waals surface area contributed by atoms with Crippen molar-refractivity contribution in [2.75, 3.05) is 31.1 Å². The lowest BCUT2D eigenvalue weighted by atomic mass is 9.89. The predicted molar refractivity (Wildman–Crippen MR) is 62.8 cm³/mol. The molecule has 0 aromatic rings. The van der Waals surface area contributed by atoms with Crippen molar-refractivity contribution in [3.8, 4) is 0 Å². The molecule has 0 aromatic carbocycles. The van der Waals surface area contributed by atoms with Gasteiger partial charge in [0.15, 0.2) is 0 Å². The van der Waals surface area contributed by atoms with Crippen LogP contribution in [0.4, 0.5) is 0 Å². The Morgan fingerprint density at radius 3 is 2.86 bits per heavy atom. The summed E-state index contributed by atoms with van der Waals surface area (Å²) in [5.74, 6) is 2.50. The second-order valence-corrected chi connectivity index (χ2v) is 5.59. The molecule has 0 spiro atoms. The van der Waals surface area contributed by atoms with Gasteiger partial charge in [-0.25, -0.2) is 0 Å². The van der Waals surface area contributed by atoms with Gasteiger partial charge in [0.25, 0.3) is 0 Å². The van der Waals surface area contributed by atoms with Crippen LogP contribution < -0.4 is 0 Å². The van der Waals surface area contributed by atoms with Crippen LogP contribution in [0.3, 0.4) is 0 Å². The maximum absolute atomic E-state index is 11.0. The van der Waals surface area contributed by atoms with Crippen molar-refractivity contribution in [2.24, 2.45) is 5.41 Å². The third kappa shape index (κ3) is 3.62. The molecule has 82 valence electrons. The Kier molecular flexibility index (Phi) is 4.96. The van der Waals surface area contributed by atoms with Crippen molar-refractivity contribution in [1.29, 1.82) is 0 Å². The molecule has 1 rings (SSSR count). The van der Waals surface area contributed by atoms with E-state index in [1.807, 2.05) is 11.8 Å². The van der Waals surface area contributed by atoms with Crippen LogP contribution in [-0.4, -0.2) is 42.3 Å². The third-order valence-corrected chi connectivity index (χ3v) is 4.04. The highest BCUT2D eigenvalue weighted by molar-refractivity contribution is 7.99. The first-order valence-electron chi connectivity index (χ1n) is 5.46. The van der Waals surface area contributed by atoms with Crippen molar-refractivity contribution in [3.63, 3.8) is 0 Å². The maximum atomic E-state index is 11.0. The number of nitrogens with zero attached hydrogens (tertiary/aromatic N) is 1. The van der Waals surface area contributed by atoms with Crippen molar-refractivity contribution in [3.05, 3.63) is 0 Å². The Labute approximate surface area is 91.4 Å². The monoisotopic (exact) mass is 215 g/mol. The molecule has 1 unspecified atom stereocenters. The molecule has 0 N–H and O–H groups in total. The number of aldehydes is 1. The van der Waals surface area contributed by atoms with Gasteiger partial charge in [-0.3, -0.25) is 0 Å². The van der Waals surface area contributed by atoms with E-state index in [0.29, 0.717) is 0 Å². The molecule has 0 amide bonds. The van der Waals surface area contributed by atoms with Crippen LogP contribution in [0.2, 0.25) is 0 Å². The number of hydrogen-bond acceptors (Lipinski definition) is 3. The lowest BCUT2D eigenvalue weighted by Crippen LogP contribution is -2.38. The summed E-state index contributed by atoms with van der Waals surface area (Å²) in [6, 6.07) is 0. The molecule has 1 atom stereocenters. The molecule has 1 fully saturated rings. The second kappa shape index (κ2) is 5.76. The summed E-state index contributed by atoms with van der Waals surface area (Å²) in [5, 5.41) is 0. The highest BCUT2D eigenvalue weighted by atomic mass is 32.2. The van der Waals surface area contributed by atoms with Gasteiger partial charge < -0.3 is 9.69 Å². The average molecular weight is 215 g/mol. The van der Waals surface area contributed by atoms with Gasteiger partial charge in [0, 0.05) is 24.3 Å². The number of hydrogen-bond donors (Lipinski definition) is 0. The largest absolute Gasteiger partial charge is 0.303 e. The average Bonchev–Trinajstić information content (AvgIpc) is 2.46. The molecule has 1 aliphatic rings. The molecule has 2 nitrogen and oxygen atoms in total. The molecule has 0 bridgehead atoms. The Morgan fingerprint density at radius 1 is 1.43 bits per heavy atom. The number of carbonyl (C=O) groups is 1. The molecule has 1 heterocycles. The highest BCUT2D eigenvalue weighted by Crippen LogP contribution is 2.21. The molecule has 0 aromatic heterocycles. The minimum absolute atomic E-state index is 0.130. The first-order chi connectivity index (χ1) is 6.70. The molecule has 1 aliphatic heterocycles. The lowest BCUT2D eigenvalue weighted by molar-refractivity contribution is -0.116. The third-order valence-electron chi connectivity index (χ3n) is 2.99. The Hall–Kier alpha value is -0.0200. The summed E-state index contributed by atoms with van der Waals surface area (Å²) in [6.45, 7) is 7.41. The van der Waals surface area contributed by atoms with Crippen LogP contribution in [0.25, 0.3) is 0 Å². The molecule has 0 radical (unpaired) electrons. The van der Waals surface area contributed by atoms with E-state index in [1.165, 1.54) is 17.9 Å². The summed E-state index contributed by atoms with van der Waals surface area (Å²) in [7, 11) is 0. The summed E-state index contributed by atoms with van der Waals surface area (Å²) in [5.41, 5.74) is -0.130. The summed E-state index contributed by atoms with van der Waals surface area (Å²) >= 11 is 2.03. The van der Waals surface area contributed by atoms with Gasteiger partial charge >= 0.3 is 0 Å². The minimum atomic E-state index is -0.130. The van der Waals surface area contributed by atoms with Crippen molar-refractivity contribution >= 4 is 18.0 Å². The van der Waals surface area contributed by atoms with Crippen molar-refractivity contribution in [1.82, 2.24) is 4.90 Å². The maximum Gasteiger partial charge on any atom is 0.127 e. The topological polar surface area (TPSA) is 20.3 Å². The SMILES string of the molecule is CCC(C)(C=O)CN1CCCSCC1. The van der Waals surface area contributed by atoms with E-state index in [2.05, 4.69) is 18.7 Å². The zero-order valence-corrected chi connectivity index (χ0v) is 10.1. The van der Waals surface area contributed by atoms with E-state index in [1.54, 1.807) is 0 Å². The van der Waals surface area contributed by atoms with Crippen LogP contribution in [-0.2, 0) is 4.79 Å². The van der Waals surface area contributed by atoms with Crippen LogP contribution >= 0.6 is 11.8 Å². The smallest absolute Gasteiger partial charge is 0.127 e. The fourth-order valence-electron chi connectivity index (χ4n) is 1.70. The first kappa shape index (κ1) is 12.1. The normalized spacial score (nSPS) is 23.9. The Balaban J connectivity index is 2.43. The standard InChI is InChI=1S/C11H21NOS/c1-3-11(2,10-13)9-12-5-4-7-14-8-6-12/h10H,3-9H2,1-2H3. The molecule has 14 heavy (non-hydrogen) atoms. The van der Waals surface area contributed by atoms with Gasteiger partial charge in [-0.2, -0.15) is 11.8 Å². The van der Waals surface area contributed by atoms with Gasteiger partial charge in [-0.15, -0.1) is 0 Å². The molecular formula is C11H21NOS. The molecular weight excluding hydrogens is 194 g/mol. The zero-order valence-electron chi connectivity index (χ0n) is 9.29. The van der Waals surface area contributed by atoms with E-state index in [9.17, 15) is 4.79 Å². The van der Waals surface area contributed by atoms with Crippen LogP contribution in [0, 0.1) is 5.41 Å². The van der Waals surface area contributed by atoms with Gasteiger partial charge in [0.05, 0.1) is 0 Å². The Morgan fingerprint density at radius 2 is 2.21 bits per heavy atom. The number of carbonyl (C=O) groups excluding carboxylic acids is 1. The van der Waals surface area contributed by atoms with E-state index in [4.69, 9.17) is 0 Å². The van der Waals surface area contributed by atoms with Crippen LogP contribution in [0.15, 0.2) is 0 Å². The van der Waals surface area contributed by atoms with E-state index < -0.39 is 0 Å². The molecule has 0 aliphatic carbocycles. The fourth-order valence-corrected chi connectivity index (χ4v) is 2.62. The second-order valence-electron chi connectivity index (χ2n) is 4.37. The number of rotatable bonds is 4. The van der Waals surface area contributed by atoms with Gasteiger partial charge in [0.2, 0.25) is 0 Å². The quantitative estimate of drug-likeness (QED) is 0.669. The van der Waals surface area contributed by atoms with Crippen LogP contribution in [0.5, 0.6) is 0 Å². The first-order valence-corrected chi connectivity index (χ1v) is 6.62. The highest BCUT2D eigenvalue weighted by Gasteiger charge is 2.24. The molecule has 1 saturated heterocycles. The van der Waals surface area contributed by atoms with Crippen molar-refractivity contribution in [2.45, 2.75) is 26.7 Å².